The SMILES string of the molecule is COc1ccc(C)cc1C(C)(O)c1ccoc1. The number of aryl methyl sites for hydroxylation is 1. The molecule has 0 aliphatic carbocycles. The highest BCUT2D eigenvalue weighted by Crippen LogP contribution is 2.36. The molecule has 1 atom stereocenters. The van der Waals surface area contributed by atoms with Crippen LogP contribution in [0, 0.1) is 6.92 Å². The highest BCUT2D eigenvalue weighted by atomic mass is 16.5. The van der Waals surface area contributed by atoms with E-state index in [0.29, 0.717) is 11.3 Å². The molecule has 1 N–H and O–H groups in total. The van der Waals surface area contributed by atoms with E-state index in [1.807, 2.05) is 25.1 Å². The van der Waals surface area contributed by atoms with Crippen molar-refractivity contribution in [3.63, 3.8) is 0 Å². The summed E-state index contributed by atoms with van der Waals surface area (Å²) in [6.07, 6.45) is 3.09. The van der Waals surface area contributed by atoms with Crippen LogP contribution in [0.1, 0.15) is 23.6 Å². The largest absolute Gasteiger partial charge is 0.496 e. The van der Waals surface area contributed by atoms with Crippen molar-refractivity contribution in [1.82, 2.24) is 0 Å². The van der Waals surface area contributed by atoms with Crippen molar-refractivity contribution >= 4 is 0 Å². The maximum absolute atomic E-state index is 10.6. The second kappa shape index (κ2) is 4.26. The van der Waals surface area contributed by atoms with Crippen molar-refractivity contribution in [2.24, 2.45) is 0 Å². The van der Waals surface area contributed by atoms with Crippen molar-refractivity contribution in [3.05, 3.63) is 53.5 Å². The molecule has 0 aliphatic heterocycles. The van der Waals surface area contributed by atoms with Crippen LogP contribution in [0.15, 0.2) is 41.2 Å². The van der Waals surface area contributed by atoms with Crippen molar-refractivity contribution in [2.75, 3.05) is 7.11 Å². The molecule has 1 aromatic carbocycles. The van der Waals surface area contributed by atoms with E-state index in [4.69, 9.17) is 9.15 Å². The number of furan rings is 1. The lowest BCUT2D eigenvalue weighted by Gasteiger charge is -2.25. The molecule has 90 valence electrons. The smallest absolute Gasteiger partial charge is 0.125 e. The molecule has 0 saturated heterocycles. The quantitative estimate of drug-likeness (QED) is 0.884. The van der Waals surface area contributed by atoms with Gasteiger partial charge in [-0.2, -0.15) is 0 Å². The third-order valence-corrected chi connectivity index (χ3v) is 2.96. The van der Waals surface area contributed by atoms with E-state index in [1.165, 1.54) is 0 Å². The van der Waals surface area contributed by atoms with Gasteiger partial charge in [0, 0.05) is 11.1 Å². The van der Waals surface area contributed by atoms with Crippen LogP contribution in [0.25, 0.3) is 0 Å². The fourth-order valence-corrected chi connectivity index (χ4v) is 1.90. The molecule has 0 aliphatic rings. The number of benzene rings is 1. The second-order valence-corrected chi connectivity index (χ2v) is 4.29. The van der Waals surface area contributed by atoms with Gasteiger partial charge in [-0.1, -0.05) is 11.6 Å². The Balaban J connectivity index is 2.56. The number of methoxy groups -OCH3 is 1. The molecule has 0 fully saturated rings. The van der Waals surface area contributed by atoms with E-state index in [1.54, 1.807) is 32.6 Å². The van der Waals surface area contributed by atoms with E-state index in [0.717, 1.165) is 11.1 Å². The molecule has 2 aromatic rings. The summed E-state index contributed by atoms with van der Waals surface area (Å²) in [7, 11) is 1.60. The standard InChI is InChI=1S/C14H16O3/c1-10-4-5-13(16-3)12(8-10)14(2,15)11-6-7-17-9-11/h4-9,15H,1-3H3. The first kappa shape index (κ1) is 11.7. The minimum atomic E-state index is -1.12. The summed E-state index contributed by atoms with van der Waals surface area (Å²) >= 11 is 0. The predicted molar refractivity (Wildman–Crippen MR) is 65.1 cm³/mol. The highest BCUT2D eigenvalue weighted by Gasteiger charge is 2.30. The van der Waals surface area contributed by atoms with Crippen LogP contribution < -0.4 is 4.74 Å². The summed E-state index contributed by atoms with van der Waals surface area (Å²) in [4.78, 5) is 0. The molecule has 0 saturated carbocycles. The minimum absolute atomic E-state index is 0.668. The Morgan fingerprint density at radius 1 is 1.29 bits per heavy atom. The Bertz CT molecular complexity index is 498. The Labute approximate surface area is 101 Å². The Hall–Kier alpha value is -1.74. The Morgan fingerprint density at radius 3 is 2.65 bits per heavy atom. The van der Waals surface area contributed by atoms with Gasteiger partial charge in [0.2, 0.25) is 0 Å². The molecule has 3 nitrogen and oxygen atoms in total. The zero-order chi connectivity index (χ0) is 12.5. The molecule has 0 amide bonds. The maximum Gasteiger partial charge on any atom is 0.125 e. The average molecular weight is 232 g/mol. The molecular formula is C14H16O3. The summed E-state index contributed by atoms with van der Waals surface area (Å²) in [5, 5.41) is 10.6. The van der Waals surface area contributed by atoms with Crippen LogP contribution in [0.4, 0.5) is 0 Å². The Morgan fingerprint density at radius 2 is 2.06 bits per heavy atom. The van der Waals surface area contributed by atoms with Gasteiger partial charge in [-0.3, -0.25) is 0 Å². The molecule has 1 aromatic heterocycles. The van der Waals surface area contributed by atoms with Crippen molar-refractivity contribution in [3.8, 4) is 5.75 Å². The monoisotopic (exact) mass is 232 g/mol. The van der Waals surface area contributed by atoms with Gasteiger partial charge >= 0.3 is 0 Å². The molecule has 2 rings (SSSR count). The number of hydrogen-bond donors (Lipinski definition) is 1. The fourth-order valence-electron chi connectivity index (χ4n) is 1.90. The first-order valence-electron chi connectivity index (χ1n) is 5.46. The van der Waals surface area contributed by atoms with E-state index >= 15 is 0 Å². The first-order chi connectivity index (χ1) is 8.05. The molecule has 1 heterocycles. The summed E-state index contributed by atoms with van der Waals surface area (Å²) in [6, 6.07) is 7.49. The second-order valence-electron chi connectivity index (χ2n) is 4.29. The van der Waals surface area contributed by atoms with Crippen LogP contribution in [-0.4, -0.2) is 12.2 Å². The molecule has 0 bridgehead atoms. The lowest BCUT2D eigenvalue weighted by atomic mass is 9.88. The van der Waals surface area contributed by atoms with Gasteiger partial charge in [-0.15, -0.1) is 0 Å². The summed E-state index contributed by atoms with van der Waals surface area (Å²) in [5.74, 6) is 0.668. The topological polar surface area (TPSA) is 42.6 Å². The average Bonchev–Trinajstić information content (AvgIpc) is 2.83. The number of hydrogen-bond acceptors (Lipinski definition) is 3. The van der Waals surface area contributed by atoms with E-state index in [9.17, 15) is 5.11 Å². The zero-order valence-electron chi connectivity index (χ0n) is 10.2. The van der Waals surface area contributed by atoms with Crippen LogP contribution >= 0.6 is 0 Å². The van der Waals surface area contributed by atoms with E-state index < -0.39 is 5.60 Å². The molecule has 1 unspecified atom stereocenters. The predicted octanol–water partition coefficient (Wildman–Crippen LogP) is 2.85. The van der Waals surface area contributed by atoms with E-state index in [-0.39, 0.29) is 0 Å². The molecule has 3 heteroatoms. The van der Waals surface area contributed by atoms with Crippen molar-refractivity contribution in [2.45, 2.75) is 19.4 Å². The van der Waals surface area contributed by atoms with Crippen molar-refractivity contribution in [1.29, 1.82) is 0 Å². The molecule has 17 heavy (non-hydrogen) atoms. The highest BCUT2D eigenvalue weighted by molar-refractivity contribution is 5.45. The minimum Gasteiger partial charge on any atom is -0.496 e. The van der Waals surface area contributed by atoms with Crippen LogP contribution in [0.5, 0.6) is 5.75 Å². The first-order valence-corrected chi connectivity index (χ1v) is 5.46. The molecular weight excluding hydrogens is 216 g/mol. The van der Waals surface area contributed by atoms with Crippen LogP contribution in [0.3, 0.4) is 0 Å². The summed E-state index contributed by atoms with van der Waals surface area (Å²) in [5.41, 5.74) is 1.40. The normalized spacial score (nSPS) is 14.4. The van der Waals surface area contributed by atoms with Gasteiger partial charge in [0.15, 0.2) is 0 Å². The van der Waals surface area contributed by atoms with Gasteiger partial charge in [-0.05, 0) is 32.0 Å². The third-order valence-electron chi connectivity index (χ3n) is 2.96. The third kappa shape index (κ3) is 2.06. The number of ether oxygens (including phenoxy) is 1. The molecule has 0 spiro atoms. The van der Waals surface area contributed by atoms with Gasteiger partial charge in [0.25, 0.3) is 0 Å². The van der Waals surface area contributed by atoms with Gasteiger partial charge in [0.1, 0.15) is 11.4 Å². The van der Waals surface area contributed by atoms with E-state index in [2.05, 4.69) is 0 Å². The fraction of sp³-hybridized carbons (Fsp3) is 0.286. The van der Waals surface area contributed by atoms with Gasteiger partial charge in [-0.25, -0.2) is 0 Å². The lowest BCUT2D eigenvalue weighted by molar-refractivity contribution is 0.0982. The van der Waals surface area contributed by atoms with Crippen LogP contribution in [-0.2, 0) is 5.60 Å². The zero-order valence-corrected chi connectivity index (χ0v) is 10.2. The van der Waals surface area contributed by atoms with Crippen molar-refractivity contribution < 1.29 is 14.3 Å². The van der Waals surface area contributed by atoms with Gasteiger partial charge < -0.3 is 14.3 Å². The van der Waals surface area contributed by atoms with Gasteiger partial charge in [0.05, 0.1) is 19.6 Å². The summed E-state index contributed by atoms with van der Waals surface area (Å²) < 4.78 is 10.3. The van der Waals surface area contributed by atoms with Crippen LogP contribution in [0.2, 0.25) is 0 Å². The summed E-state index contributed by atoms with van der Waals surface area (Å²) in [6.45, 7) is 3.71. The maximum atomic E-state index is 10.6. The number of aliphatic hydroxyl groups is 1. The molecule has 0 radical (unpaired) electrons. The Kier molecular flexibility index (Phi) is 2.94. The number of rotatable bonds is 3. The lowest BCUT2D eigenvalue weighted by Crippen LogP contribution is -2.23.